The Morgan fingerprint density at radius 1 is 1.12 bits per heavy atom. The predicted octanol–water partition coefficient (Wildman–Crippen LogP) is 1.78. The molecule has 134 valence electrons. The molecule has 1 aromatic carbocycles. The minimum absolute atomic E-state index is 0.128. The number of amides is 1. The van der Waals surface area contributed by atoms with Crippen molar-refractivity contribution in [1.29, 1.82) is 0 Å². The van der Waals surface area contributed by atoms with Gasteiger partial charge in [0.05, 0.1) is 12.0 Å². The molecule has 0 aliphatic heterocycles. The average Bonchev–Trinajstić information content (AvgIpc) is 3.16. The number of aromatic nitrogens is 4. The summed E-state index contributed by atoms with van der Waals surface area (Å²) in [6.45, 7) is 1.34. The van der Waals surface area contributed by atoms with Crippen molar-refractivity contribution in [2.45, 2.75) is 19.4 Å². The van der Waals surface area contributed by atoms with Crippen molar-refractivity contribution in [1.82, 2.24) is 24.6 Å². The van der Waals surface area contributed by atoms with E-state index in [1.807, 2.05) is 10.8 Å². The van der Waals surface area contributed by atoms with E-state index in [2.05, 4.69) is 15.4 Å². The first kappa shape index (κ1) is 17.5. The van der Waals surface area contributed by atoms with Crippen LogP contribution < -0.4 is 10.9 Å². The molecule has 26 heavy (non-hydrogen) atoms. The van der Waals surface area contributed by atoms with Crippen LogP contribution in [0, 0.1) is 5.82 Å². The Morgan fingerprint density at radius 2 is 1.92 bits per heavy atom. The lowest BCUT2D eigenvalue weighted by Crippen LogP contribution is -2.29. The number of carbonyl (C=O) groups is 1. The molecule has 1 N–H and O–H groups in total. The van der Waals surface area contributed by atoms with Gasteiger partial charge in [0.2, 0.25) is 0 Å². The molecule has 0 aliphatic carbocycles. The second kappa shape index (κ2) is 8.19. The Hall–Kier alpha value is -3.29. The molecular formula is C18H18FN5O2. The average molecular weight is 355 g/mol. The molecule has 7 nitrogen and oxygen atoms in total. The summed E-state index contributed by atoms with van der Waals surface area (Å²) in [7, 11) is 0. The van der Waals surface area contributed by atoms with Crippen molar-refractivity contribution < 1.29 is 9.18 Å². The zero-order valence-electron chi connectivity index (χ0n) is 14.0. The topological polar surface area (TPSA) is 81.8 Å². The fourth-order valence-electron chi connectivity index (χ4n) is 2.43. The number of hydrogen-bond donors (Lipinski definition) is 1. The van der Waals surface area contributed by atoms with Crippen molar-refractivity contribution in [2.75, 3.05) is 6.54 Å². The van der Waals surface area contributed by atoms with Gasteiger partial charge in [0, 0.05) is 31.5 Å². The molecule has 2 aromatic heterocycles. The lowest BCUT2D eigenvalue weighted by molar-refractivity contribution is 0.0946. The monoisotopic (exact) mass is 355 g/mol. The van der Waals surface area contributed by atoms with Crippen LogP contribution in [0.2, 0.25) is 0 Å². The summed E-state index contributed by atoms with van der Waals surface area (Å²) in [5.41, 5.74) is 0.128. The summed E-state index contributed by atoms with van der Waals surface area (Å²) < 4.78 is 16.1. The number of rotatable bonds is 7. The van der Waals surface area contributed by atoms with Crippen molar-refractivity contribution in [3.8, 4) is 5.69 Å². The Labute approximate surface area is 149 Å². The van der Waals surface area contributed by atoms with Gasteiger partial charge < -0.3 is 9.88 Å². The zero-order valence-corrected chi connectivity index (χ0v) is 14.0. The maximum atomic E-state index is 13.0. The van der Waals surface area contributed by atoms with E-state index < -0.39 is 11.4 Å². The van der Waals surface area contributed by atoms with Gasteiger partial charge in [-0.3, -0.25) is 9.59 Å². The van der Waals surface area contributed by atoms with E-state index >= 15 is 0 Å². The van der Waals surface area contributed by atoms with Crippen LogP contribution in [0.1, 0.15) is 23.3 Å². The van der Waals surface area contributed by atoms with Gasteiger partial charge in [-0.05, 0) is 43.2 Å². The molecule has 0 saturated heterocycles. The summed E-state index contributed by atoms with van der Waals surface area (Å²) in [5, 5.41) is 6.85. The third-order valence-electron chi connectivity index (χ3n) is 3.79. The number of nitrogens with one attached hydrogen (secondary N) is 1. The minimum atomic E-state index is -0.411. The standard InChI is InChI=1S/C18H18FN5O2/c19-14-3-5-15(6-4-14)24-17(25)8-7-16(22-24)18(26)21-9-1-2-11-23-12-10-20-13-23/h3-8,10,12-13H,1-2,9,11H2,(H,21,26). The Kier molecular flexibility index (Phi) is 5.52. The van der Waals surface area contributed by atoms with Gasteiger partial charge in [-0.2, -0.15) is 9.78 Å². The highest BCUT2D eigenvalue weighted by atomic mass is 19.1. The minimum Gasteiger partial charge on any atom is -0.351 e. The smallest absolute Gasteiger partial charge is 0.271 e. The largest absolute Gasteiger partial charge is 0.351 e. The van der Waals surface area contributed by atoms with Crippen LogP contribution >= 0.6 is 0 Å². The van der Waals surface area contributed by atoms with E-state index in [-0.39, 0.29) is 11.6 Å². The van der Waals surface area contributed by atoms with Crippen LogP contribution in [-0.2, 0) is 6.54 Å². The third-order valence-corrected chi connectivity index (χ3v) is 3.79. The molecule has 0 spiro atoms. The SMILES string of the molecule is O=C(NCCCCn1ccnc1)c1ccc(=O)n(-c2ccc(F)cc2)n1. The van der Waals surface area contributed by atoms with Gasteiger partial charge in [0.15, 0.2) is 0 Å². The van der Waals surface area contributed by atoms with Crippen molar-refractivity contribution in [3.63, 3.8) is 0 Å². The van der Waals surface area contributed by atoms with E-state index in [0.29, 0.717) is 12.2 Å². The Bertz CT molecular complexity index is 920. The second-order valence-electron chi connectivity index (χ2n) is 5.71. The van der Waals surface area contributed by atoms with Crippen molar-refractivity contribution >= 4 is 5.91 Å². The first-order chi connectivity index (χ1) is 12.6. The van der Waals surface area contributed by atoms with Crippen LogP contribution in [0.4, 0.5) is 4.39 Å². The third kappa shape index (κ3) is 4.41. The van der Waals surface area contributed by atoms with Gasteiger partial charge in [0.25, 0.3) is 11.5 Å². The maximum absolute atomic E-state index is 13.0. The van der Waals surface area contributed by atoms with Crippen molar-refractivity contribution in [3.05, 3.63) is 77.0 Å². The van der Waals surface area contributed by atoms with E-state index in [1.54, 1.807) is 12.5 Å². The quantitative estimate of drug-likeness (QED) is 0.655. The van der Waals surface area contributed by atoms with E-state index in [1.165, 1.54) is 36.4 Å². The number of hydrogen-bond acceptors (Lipinski definition) is 4. The first-order valence-corrected chi connectivity index (χ1v) is 8.24. The van der Waals surface area contributed by atoms with Crippen LogP contribution in [-0.4, -0.2) is 31.8 Å². The molecule has 0 radical (unpaired) electrons. The normalized spacial score (nSPS) is 10.7. The fourth-order valence-corrected chi connectivity index (χ4v) is 2.43. The van der Waals surface area contributed by atoms with Crippen LogP contribution in [0.15, 0.2) is 59.9 Å². The molecule has 0 aliphatic rings. The summed E-state index contributed by atoms with van der Waals surface area (Å²) in [6.07, 6.45) is 7.08. The molecule has 0 fully saturated rings. The zero-order chi connectivity index (χ0) is 18.4. The molecule has 3 rings (SSSR count). The molecule has 0 bridgehead atoms. The number of aryl methyl sites for hydroxylation is 1. The molecule has 2 heterocycles. The molecule has 1 amide bonds. The van der Waals surface area contributed by atoms with Gasteiger partial charge in [-0.1, -0.05) is 0 Å². The lowest BCUT2D eigenvalue weighted by atomic mass is 10.3. The van der Waals surface area contributed by atoms with Crippen LogP contribution in [0.25, 0.3) is 5.69 Å². The number of carbonyl (C=O) groups excluding carboxylic acids is 1. The molecule has 0 atom stereocenters. The number of benzene rings is 1. The highest BCUT2D eigenvalue weighted by Gasteiger charge is 2.10. The number of nitrogens with zero attached hydrogens (tertiary/aromatic N) is 4. The Morgan fingerprint density at radius 3 is 2.65 bits per heavy atom. The second-order valence-corrected chi connectivity index (χ2v) is 5.71. The predicted molar refractivity (Wildman–Crippen MR) is 93.6 cm³/mol. The van der Waals surface area contributed by atoms with E-state index in [4.69, 9.17) is 0 Å². The number of halogens is 1. The van der Waals surface area contributed by atoms with Crippen molar-refractivity contribution in [2.24, 2.45) is 0 Å². The highest BCUT2D eigenvalue weighted by molar-refractivity contribution is 5.92. The number of unbranched alkanes of at least 4 members (excludes halogenated alkanes) is 1. The van der Waals surface area contributed by atoms with E-state index in [0.717, 1.165) is 24.1 Å². The molecule has 0 saturated carbocycles. The van der Waals surface area contributed by atoms with Crippen LogP contribution in [0.3, 0.4) is 0 Å². The summed E-state index contributed by atoms with van der Waals surface area (Å²) >= 11 is 0. The first-order valence-electron chi connectivity index (χ1n) is 8.24. The highest BCUT2D eigenvalue weighted by Crippen LogP contribution is 2.06. The number of imidazole rings is 1. The molecule has 3 aromatic rings. The Balaban J connectivity index is 1.58. The molecule has 8 heteroatoms. The van der Waals surface area contributed by atoms with Gasteiger partial charge in [-0.25, -0.2) is 9.37 Å². The molecular weight excluding hydrogens is 337 g/mol. The van der Waals surface area contributed by atoms with Gasteiger partial charge in [0.1, 0.15) is 11.5 Å². The summed E-state index contributed by atoms with van der Waals surface area (Å²) in [6, 6.07) is 7.98. The van der Waals surface area contributed by atoms with Crippen LogP contribution in [0.5, 0.6) is 0 Å². The molecule has 0 unspecified atom stereocenters. The lowest BCUT2D eigenvalue weighted by Gasteiger charge is -2.08. The maximum Gasteiger partial charge on any atom is 0.271 e. The summed E-state index contributed by atoms with van der Waals surface area (Å²) in [4.78, 5) is 28.2. The fraction of sp³-hybridized carbons (Fsp3) is 0.222. The van der Waals surface area contributed by atoms with Gasteiger partial charge in [-0.15, -0.1) is 0 Å². The van der Waals surface area contributed by atoms with E-state index in [9.17, 15) is 14.0 Å². The summed E-state index contributed by atoms with van der Waals surface area (Å²) in [5.74, 6) is -0.769. The van der Waals surface area contributed by atoms with Gasteiger partial charge >= 0.3 is 0 Å².